The van der Waals surface area contributed by atoms with Gasteiger partial charge in [-0.15, -0.1) is 11.8 Å². The van der Waals surface area contributed by atoms with E-state index in [0.29, 0.717) is 4.90 Å². The van der Waals surface area contributed by atoms with Crippen molar-refractivity contribution in [3.8, 4) is 0 Å². The first-order valence-electron chi connectivity index (χ1n) is 5.69. The molecule has 0 atom stereocenters. The molecule has 1 heterocycles. The van der Waals surface area contributed by atoms with E-state index in [-0.39, 0.29) is 5.70 Å². The van der Waals surface area contributed by atoms with Gasteiger partial charge in [0.2, 0.25) is 0 Å². The maximum Gasteiger partial charge on any atom is 0.329 e. The topological polar surface area (TPSA) is 89.5 Å². The molecule has 20 heavy (non-hydrogen) atoms. The summed E-state index contributed by atoms with van der Waals surface area (Å²) in [5.74, 6) is -2.16. The zero-order chi connectivity index (χ0) is 14.7. The Morgan fingerprint density at radius 2 is 2.00 bits per heavy atom. The van der Waals surface area contributed by atoms with Crippen LogP contribution in [0.5, 0.6) is 0 Å². The van der Waals surface area contributed by atoms with Gasteiger partial charge in [0.1, 0.15) is 5.70 Å². The molecule has 1 aromatic carbocycles. The fraction of sp³-hybridized carbons (Fsp3) is 0.154. The molecule has 0 bridgehead atoms. The number of carbonyl (C=O) groups is 3. The van der Waals surface area contributed by atoms with Gasteiger partial charge in [0.15, 0.2) is 0 Å². The molecule has 1 aliphatic rings. The number of carboxylic acid groups (broad SMARTS) is 1. The Labute approximate surface area is 119 Å². The summed E-state index contributed by atoms with van der Waals surface area (Å²) < 4.78 is 0. The van der Waals surface area contributed by atoms with E-state index in [1.807, 2.05) is 18.4 Å². The molecule has 1 aliphatic heterocycles. The van der Waals surface area contributed by atoms with Crippen molar-refractivity contribution in [2.45, 2.75) is 4.90 Å². The van der Waals surface area contributed by atoms with Gasteiger partial charge in [0, 0.05) is 4.90 Å². The number of imide groups is 1. The highest BCUT2D eigenvalue weighted by atomic mass is 32.2. The van der Waals surface area contributed by atoms with Crippen LogP contribution in [0.1, 0.15) is 5.56 Å². The highest BCUT2D eigenvalue weighted by molar-refractivity contribution is 7.98. The number of hydrogen-bond donors (Lipinski definition) is 1. The lowest BCUT2D eigenvalue weighted by Crippen LogP contribution is -2.41. The average molecular weight is 291 g/mol. The first-order chi connectivity index (χ1) is 9.51. The summed E-state index contributed by atoms with van der Waals surface area (Å²) in [6.07, 6.45) is 3.45. The van der Waals surface area contributed by atoms with Crippen molar-refractivity contribution in [3.05, 3.63) is 35.5 Å². The highest BCUT2D eigenvalue weighted by Gasteiger charge is 2.33. The molecule has 0 aliphatic carbocycles. The maximum atomic E-state index is 11.9. The molecule has 1 aromatic rings. The van der Waals surface area contributed by atoms with E-state index in [4.69, 9.17) is 0 Å². The number of nitrogens with one attached hydrogen (secondary N) is 1. The van der Waals surface area contributed by atoms with E-state index in [1.165, 1.54) is 6.08 Å². The van der Waals surface area contributed by atoms with Crippen molar-refractivity contribution in [1.82, 2.24) is 10.2 Å². The van der Waals surface area contributed by atoms with Crippen molar-refractivity contribution in [1.29, 1.82) is 0 Å². The van der Waals surface area contributed by atoms with E-state index < -0.39 is 24.5 Å². The van der Waals surface area contributed by atoms with Crippen molar-refractivity contribution in [3.63, 3.8) is 0 Å². The summed E-state index contributed by atoms with van der Waals surface area (Å²) in [7, 11) is 0. The van der Waals surface area contributed by atoms with Gasteiger partial charge >= 0.3 is 6.03 Å². The Bertz CT molecular complexity index is 595. The monoisotopic (exact) mass is 291 g/mol. The Balaban J connectivity index is 2.20. The van der Waals surface area contributed by atoms with Crippen LogP contribution in [-0.2, 0) is 9.59 Å². The summed E-state index contributed by atoms with van der Waals surface area (Å²) in [6.45, 7) is -0.757. The van der Waals surface area contributed by atoms with E-state index in [0.717, 1.165) is 10.5 Å². The van der Waals surface area contributed by atoms with Gasteiger partial charge in [-0.1, -0.05) is 12.1 Å². The smallest absolute Gasteiger partial charge is 0.329 e. The average Bonchev–Trinajstić information content (AvgIpc) is 2.67. The molecule has 0 radical (unpaired) electrons. The van der Waals surface area contributed by atoms with Crippen LogP contribution in [0.15, 0.2) is 34.9 Å². The third kappa shape index (κ3) is 3.00. The third-order valence-electron chi connectivity index (χ3n) is 2.68. The summed E-state index contributed by atoms with van der Waals surface area (Å²) >= 11 is 1.59. The molecular weight excluding hydrogens is 280 g/mol. The van der Waals surface area contributed by atoms with Crippen molar-refractivity contribution >= 4 is 35.7 Å². The number of carbonyl (C=O) groups excluding carboxylic acids is 3. The minimum atomic E-state index is -1.49. The number of aliphatic carboxylic acids is 1. The quantitative estimate of drug-likeness (QED) is 0.481. The lowest BCUT2D eigenvalue weighted by atomic mass is 10.2. The molecule has 3 amide bonds. The van der Waals surface area contributed by atoms with E-state index >= 15 is 0 Å². The lowest BCUT2D eigenvalue weighted by Gasteiger charge is -2.11. The molecule has 6 nitrogen and oxygen atoms in total. The maximum absolute atomic E-state index is 11.9. The van der Waals surface area contributed by atoms with Gasteiger partial charge in [-0.3, -0.25) is 9.69 Å². The van der Waals surface area contributed by atoms with E-state index in [1.54, 1.807) is 23.9 Å². The van der Waals surface area contributed by atoms with E-state index in [9.17, 15) is 19.5 Å². The Morgan fingerprint density at radius 1 is 1.35 bits per heavy atom. The first-order valence-corrected chi connectivity index (χ1v) is 6.92. The van der Waals surface area contributed by atoms with Crippen molar-refractivity contribution in [2.75, 3.05) is 12.8 Å². The third-order valence-corrected chi connectivity index (χ3v) is 3.42. The molecule has 2 rings (SSSR count). The fourth-order valence-corrected chi connectivity index (χ4v) is 2.12. The summed E-state index contributed by atoms with van der Waals surface area (Å²) in [5, 5.41) is 12.8. The minimum absolute atomic E-state index is 0.0492. The van der Waals surface area contributed by atoms with Crippen LogP contribution in [-0.4, -0.2) is 35.6 Å². The molecule has 0 saturated carbocycles. The van der Waals surface area contributed by atoms with Crippen LogP contribution >= 0.6 is 11.8 Å². The van der Waals surface area contributed by atoms with Crippen LogP contribution < -0.4 is 10.4 Å². The largest absolute Gasteiger partial charge is 0.548 e. The summed E-state index contributed by atoms with van der Waals surface area (Å²) in [6, 6.07) is 6.62. The molecule has 7 heteroatoms. The number of hydrogen-bond acceptors (Lipinski definition) is 5. The molecule has 1 fully saturated rings. The summed E-state index contributed by atoms with van der Waals surface area (Å²) in [4.78, 5) is 35.5. The number of urea groups is 1. The zero-order valence-electron chi connectivity index (χ0n) is 10.6. The molecule has 1 saturated heterocycles. The zero-order valence-corrected chi connectivity index (χ0v) is 11.4. The number of nitrogens with zero attached hydrogens (tertiary/aromatic N) is 1. The van der Waals surface area contributed by atoms with Crippen molar-refractivity contribution < 1.29 is 19.5 Å². The molecule has 0 spiro atoms. The SMILES string of the molecule is CSc1ccc(/C=C2/NC(=O)N(CC(=O)[O-])C2=O)cc1. The first kappa shape index (κ1) is 14.1. The predicted molar refractivity (Wildman–Crippen MR) is 71.5 cm³/mol. The van der Waals surface area contributed by atoms with E-state index in [2.05, 4.69) is 5.32 Å². The number of amides is 3. The number of rotatable bonds is 4. The fourth-order valence-electron chi connectivity index (χ4n) is 1.71. The minimum Gasteiger partial charge on any atom is -0.548 e. The predicted octanol–water partition coefficient (Wildman–Crippen LogP) is 0.0511. The standard InChI is InChI=1S/C13H12N2O4S/c1-20-9-4-2-8(3-5-9)6-10-12(18)15(7-11(16)17)13(19)14-10/h2-6H,7H2,1H3,(H,14,19)(H,16,17)/p-1/b10-6+. The van der Waals surface area contributed by atoms with Crippen LogP contribution in [0, 0.1) is 0 Å². The van der Waals surface area contributed by atoms with Gasteiger partial charge < -0.3 is 15.2 Å². The van der Waals surface area contributed by atoms with Gasteiger partial charge in [-0.2, -0.15) is 0 Å². The van der Waals surface area contributed by atoms with Crippen LogP contribution in [0.2, 0.25) is 0 Å². The Kier molecular flexibility index (Phi) is 4.09. The second-order valence-electron chi connectivity index (χ2n) is 4.02. The van der Waals surface area contributed by atoms with Crippen LogP contribution in [0.3, 0.4) is 0 Å². The molecule has 0 unspecified atom stereocenters. The Morgan fingerprint density at radius 3 is 2.55 bits per heavy atom. The number of carboxylic acids is 1. The van der Waals surface area contributed by atoms with Gasteiger partial charge in [-0.05, 0) is 30.0 Å². The normalized spacial score (nSPS) is 16.6. The second kappa shape index (κ2) is 5.79. The Hall–Kier alpha value is -2.28. The molecule has 104 valence electrons. The van der Waals surface area contributed by atoms with Gasteiger partial charge in [0.05, 0.1) is 12.5 Å². The number of thioether (sulfide) groups is 1. The number of benzene rings is 1. The van der Waals surface area contributed by atoms with Crippen LogP contribution in [0.25, 0.3) is 6.08 Å². The lowest BCUT2D eigenvalue weighted by molar-refractivity contribution is -0.305. The highest BCUT2D eigenvalue weighted by Crippen LogP contribution is 2.18. The molecule has 0 aromatic heterocycles. The molecular formula is C13H11N2O4S-. The van der Waals surface area contributed by atoms with Crippen LogP contribution in [0.4, 0.5) is 4.79 Å². The second-order valence-corrected chi connectivity index (χ2v) is 4.90. The van der Waals surface area contributed by atoms with Gasteiger partial charge in [0.25, 0.3) is 5.91 Å². The van der Waals surface area contributed by atoms with Crippen molar-refractivity contribution in [2.24, 2.45) is 0 Å². The molecule has 1 N–H and O–H groups in total. The summed E-state index contributed by atoms with van der Waals surface area (Å²) in [5.41, 5.74) is 0.787. The van der Waals surface area contributed by atoms with Gasteiger partial charge in [-0.25, -0.2) is 4.79 Å².